The van der Waals surface area contributed by atoms with Crippen LogP contribution in [-0.4, -0.2) is 39.2 Å². The molecule has 0 bridgehead atoms. The van der Waals surface area contributed by atoms with Crippen molar-refractivity contribution in [3.05, 3.63) is 0 Å². The summed E-state index contributed by atoms with van der Waals surface area (Å²) in [7, 11) is 1.95. The molecule has 8 heteroatoms. The van der Waals surface area contributed by atoms with Gasteiger partial charge in [0.2, 0.25) is 5.16 Å². The number of hydrazine groups is 1. The quantitative estimate of drug-likeness (QED) is 0.401. The number of hydrogen-bond acceptors (Lipinski definition) is 5. The number of aromatic amines is 1. The molecule has 18 heavy (non-hydrogen) atoms. The van der Waals surface area contributed by atoms with Gasteiger partial charge in [-0.25, -0.2) is 10.1 Å². The van der Waals surface area contributed by atoms with Crippen molar-refractivity contribution >= 4 is 35.0 Å². The number of thiocarbonyl (C=S) groups is 1. The maximum Gasteiger partial charge on any atom is 0.374 e. The molecule has 1 aliphatic carbocycles. The topological polar surface area (TPSA) is 59.9 Å². The highest BCUT2D eigenvalue weighted by Crippen LogP contribution is 2.31. The van der Waals surface area contributed by atoms with Crippen molar-refractivity contribution in [3.8, 4) is 0 Å². The fourth-order valence-corrected chi connectivity index (χ4v) is 3.15. The summed E-state index contributed by atoms with van der Waals surface area (Å²) in [6.07, 6.45) is 6.61. The Balaban J connectivity index is 2.02. The van der Waals surface area contributed by atoms with Gasteiger partial charge in [-0.2, -0.15) is 5.43 Å². The second kappa shape index (κ2) is 4.36. The first-order chi connectivity index (χ1) is 8.63. The van der Waals surface area contributed by atoms with Gasteiger partial charge in [0.1, 0.15) is 0 Å². The average molecular weight is 285 g/mol. The minimum absolute atomic E-state index is 0.109. The molecule has 3 rings (SSSR count). The van der Waals surface area contributed by atoms with Gasteiger partial charge in [0.25, 0.3) is 0 Å². The Morgan fingerprint density at radius 1 is 1.44 bits per heavy atom. The van der Waals surface area contributed by atoms with Crippen LogP contribution < -0.4 is 15.4 Å². The van der Waals surface area contributed by atoms with Gasteiger partial charge in [-0.3, -0.25) is 5.32 Å². The first-order valence-corrected chi connectivity index (χ1v) is 7.67. The van der Waals surface area contributed by atoms with Gasteiger partial charge in [-0.1, -0.05) is 16.7 Å². The molecule has 0 unspecified atom stereocenters. The molecule has 0 radical (unpaired) electrons. The van der Waals surface area contributed by atoms with E-state index in [0.717, 1.165) is 23.9 Å². The molecule has 1 saturated carbocycles. The fourth-order valence-electron chi connectivity index (χ4n) is 2.61. The Hall–Kier alpha value is -0.860. The van der Waals surface area contributed by atoms with Crippen molar-refractivity contribution in [1.82, 2.24) is 20.5 Å². The van der Waals surface area contributed by atoms with Gasteiger partial charge < -0.3 is 0 Å². The molecule has 0 aromatic carbocycles. The van der Waals surface area contributed by atoms with Gasteiger partial charge in [0.15, 0.2) is 5.66 Å². The van der Waals surface area contributed by atoms with Crippen LogP contribution in [0.25, 0.3) is 0 Å². The Morgan fingerprint density at radius 2 is 2.17 bits per heavy atom. The molecule has 1 fully saturated rings. The number of H-pyrrole nitrogens is 1. The highest BCUT2D eigenvalue weighted by atomic mass is 32.2. The third-order valence-corrected chi connectivity index (χ3v) is 4.51. The van der Waals surface area contributed by atoms with Crippen LogP contribution in [0, 0.1) is 0 Å². The van der Waals surface area contributed by atoms with Crippen LogP contribution in [-0.2, 0) is 0 Å². The second-order valence-corrected chi connectivity index (χ2v) is 5.92. The van der Waals surface area contributed by atoms with Gasteiger partial charge in [0.05, 0.1) is 7.05 Å². The minimum Gasteiger partial charge on any atom is -0.272 e. The third-order valence-electron chi connectivity index (χ3n) is 3.49. The smallest absolute Gasteiger partial charge is 0.272 e. The van der Waals surface area contributed by atoms with E-state index in [1.165, 1.54) is 12.8 Å². The molecule has 2 aliphatic rings. The van der Waals surface area contributed by atoms with Gasteiger partial charge >= 0.3 is 11.1 Å². The van der Waals surface area contributed by atoms with Crippen LogP contribution in [0.3, 0.4) is 0 Å². The molecule has 0 amide bonds. The average Bonchev–Trinajstić information content (AvgIpc) is 2.93. The van der Waals surface area contributed by atoms with E-state index in [2.05, 4.69) is 20.8 Å². The molecule has 1 aromatic rings. The van der Waals surface area contributed by atoms with Crippen LogP contribution in [0.5, 0.6) is 0 Å². The lowest BCUT2D eigenvalue weighted by Crippen LogP contribution is -2.58. The van der Waals surface area contributed by atoms with Gasteiger partial charge in [0, 0.05) is 0 Å². The molecule has 98 valence electrons. The Kier molecular flexibility index (Phi) is 2.95. The van der Waals surface area contributed by atoms with E-state index in [1.807, 2.05) is 23.0 Å². The SMILES string of the molecule is CSc1nc2[n+]([nH]1)C(=S)N(C)NC1(CCCC1)N2. The molecule has 3 N–H and O–H groups in total. The van der Waals surface area contributed by atoms with E-state index in [-0.39, 0.29) is 5.66 Å². The highest BCUT2D eigenvalue weighted by molar-refractivity contribution is 7.98. The maximum atomic E-state index is 5.46. The summed E-state index contributed by atoms with van der Waals surface area (Å²) in [5.41, 5.74) is 3.36. The predicted molar refractivity (Wildman–Crippen MR) is 74.3 cm³/mol. The van der Waals surface area contributed by atoms with Crippen molar-refractivity contribution in [2.45, 2.75) is 36.5 Å². The van der Waals surface area contributed by atoms with E-state index in [4.69, 9.17) is 12.2 Å². The van der Waals surface area contributed by atoms with E-state index < -0.39 is 0 Å². The van der Waals surface area contributed by atoms with Crippen LogP contribution in [0.15, 0.2) is 5.16 Å². The number of nitrogens with one attached hydrogen (secondary N) is 3. The summed E-state index contributed by atoms with van der Waals surface area (Å²) in [4.78, 5) is 4.54. The zero-order chi connectivity index (χ0) is 12.8. The molecular weight excluding hydrogens is 268 g/mol. The van der Waals surface area contributed by atoms with E-state index in [1.54, 1.807) is 11.8 Å². The lowest BCUT2D eigenvalue weighted by atomic mass is 10.1. The normalized spacial score (nSPS) is 21.9. The van der Waals surface area contributed by atoms with Crippen LogP contribution in [0.1, 0.15) is 25.7 Å². The van der Waals surface area contributed by atoms with Crippen LogP contribution in [0.4, 0.5) is 5.95 Å². The molecule has 1 aliphatic heterocycles. The number of rotatable bonds is 1. The summed E-state index contributed by atoms with van der Waals surface area (Å²) < 4.78 is 1.82. The number of thioether (sulfide) groups is 1. The first kappa shape index (κ1) is 12.2. The van der Waals surface area contributed by atoms with Crippen LogP contribution >= 0.6 is 24.0 Å². The standard InChI is InChI=1S/C10H16N6S2/c1-15-9(17)16-7(11-8(13-16)18-2)12-10(14-15)5-3-4-6-10/h14H,3-6H2,1-2H3,(H,11,12,13)/p+1. The van der Waals surface area contributed by atoms with Gasteiger partial charge in [-0.05, 0) is 44.2 Å². The van der Waals surface area contributed by atoms with E-state index >= 15 is 0 Å². The third kappa shape index (κ3) is 1.88. The summed E-state index contributed by atoms with van der Waals surface area (Å²) >= 11 is 7.03. The molecule has 2 heterocycles. The number of hydrogen-bond donors (Lipinski definition) is 3. The van der Waals surface area contributed by atoms with Crippen molar-refractivity contribution in [2.24, 2.45) is 0 Å². The Morgan fingerprint density at radius 3 is 2.83 bits per heavy atom. The first-order valence-electron chi connectivity index (χ1n) is 6.04. The zero-order valence-corrected chi connectivity index (χ0v) is 12.1. The summed E-state index contributed by atoms with van der Waals surface area (Å²) in [5.74, 6) is 0.795. The predicted octanol–water partition coefficient (Wildman–Crippen LogP) is 0.684. The summed E-state index contributed by atoms with van der Waals surface area (Å²) in [6, 6.07) is 0. The van der Waals surface area contributed by atoms with E-state index in [0.29, 0.717) is 5.11 Å². The highest BCUT2D eigenvalue weighted by Gasteiger charge is 2.44. The molecule has 1 aromatic heterocycles. The molecule has 1 spiro atoms. The molecule has 0 atom stereocenters. The lowest BCUT2D eigenvalue weighted by Gasteiger charge is -2.28. The largest absolute Gasteiger partial charge is 0.374 e. The van der Waals surface area contributed by atoms with Crippen molar-refractivity contribution in [2.75, 3.05) is 18.6 Å². The monoisotopic (exact) mass is 285 g/mol. The summed E-state index contributed by atoms with van der Waals surface area (Å²) in [5, 5.41) is 10.1. The van der Waals surface area contributed by atoms with Crippen LogP contribution in [0.2, 0.25) is 0 Å². The van der Waals surface area contributed by atoms with Crippen molar-refractivity contribution < 1.29 is 4.68 Å². The summed E-state index contributed by atoms with van der Waals surface area (Å²) in [6.45, 7) is 0. The van der Waals surface area contributed by atoms with Crippen molar-refractivity contribution in [3.63, 3.8) is 0 Å². The second-order valence-electron chi connectivity index (χ2n) is 4.76. The number of aromatic nitrogens is 3. The number of fused-ring (bicyclic) bond motifs is 1. The number of nitrogens with zero attached hydrogens (tertiary/aromatic N) is 3. The van der Waals surface area contributed by atoms with E-state index in [9.17, 15) is 0 Å². The molecule has 0 saturated heterocycles. The molecular formula is C10H17N6S2+. The Bertz CT molecular complexity index is 479. The minimum atomic E-state index is -0.109. The lowest BCUT2D eigenvalue weighted by molar-refractivity contribution is -0.610. The number of anilines is 1. The molecule has 6 nitrogen and oxygen atoms in total. The van der Waals surface area contributed by atoms with Gasteiger partial charge in [-0.15, -0.1) is 4.68 Å². The maximum absolute atomic E-state index is 5.46. The zero-order valence-electron chi connectivity index (χ0n) is 10.5. The Labute approximate surface area is 115 Å². The van der Waals surface area contributed by atoms with Crippen molar-refractivity contribution in [1.29, 1.82) is 0 Å². The fraction of sp³-hybridized carbons (Fsp3) is 0.700.